The molecule has 1 aromatic carbocycles. The summed E-state index contributed by atoms with van der Waals surface area (Å²) in [7, 11) is 1.76. The Kier molecular flexibility index (Phi) is 2.94. The highest BCUT2D eigenvalue weighted by molar-refractivity contribution is 6.52. The first-order valence-electron chi connectivity index (χ1n) is 6.29. The number of nitrogens with zero attached hydrogens (tertiary/aromatic N) is 2. The fourth-order valence-corrected chi connectivity index (χ4v) is 2.37. The zero-order valence-electron chi connectivity index (χ0n) is 11.2. The van der Waals surface area contributed by atoms with Crippen LogP contribution in [0.1, 0.15) is 20.7 Å². The predicted octanol–water partition coefficient (Wildman–Crippen LogP) is 1.58. The third-order valence-electron chi connectivity index (χ3n) is 3.40. The van der Waals surface area contributed by atoms with E-state index in [-0.39, 0.29) is 23.6 Å². The number of ketones is 2. The molecule has 2 aromatic rings. The molecule has 1 aliphatic rings. The monoisotopic (exact) mass is 286 g/mol. The van der Waals surface area contributed by atoms with Gasteiger partial charge in [-0.25, -0.2) is 4.39 Å². The van der Waals surface area contributed by atoms with Crippen molar-refractivity contribution in [2.45, 2.75) is 0 Å². The van der Waals surface area contributed by atoms with Crippen LogP contribution in [-0.4, -0.2) is 28.6 Å². The fourth-order valence-electron chi connectivity index (χ4n) is 2.37. The lowest BCUT2D eigenvalue weighted by Gasteiger charge is -2.15. The maximum Gasteiger partial charge on any atom is 0.299 e. The van der Waals surface area contributed by atoms with Gasteiger partial charge in [0.05, 0.1) is 17.8 Å². The van der Waals surface area contributed by atoms with Gasteiger partial charge in [-0.1, -0.05) is 6.07 Å². The maximum absolute atomic E-state index is 13.9. The van der Waals surface area contributed by atoms with Crippen molar-refractivity contribution in [2.24, 2.45) is 7.05 Å². The summed E-state index contributed by atoms with van der Waals surface area (Å²) in [6, 6.07) is 5.51. The summed E-state index contributed by atoms with van der Waals surface area (Å²) < 4.78 is 15.6. The van der Waals surface area contributed by atoms with Gasteiger partial charge in [0.15, 0.2) is 5.78 Å². The van der Waals surface area contributed by atoms with E-state index >= 15 is 0 Å². The lowest BCUT2D eigenvalue weighted by atomic mass is 10.1. The second kappa shape index (κ2) is 4.66. The number of halogens is 1. The van der Waals surface area contributed by atoms with Crippen LogP contribution in [0.15, 0.2) is 36.7 Å². The van der Waals surface area contributed by atoms with Crippen LogP contribution in [0.5, 0.6) is 0 Å². The summed E-state index contributed by atoms with van der Waals surface area (Å²) in [6.07, 6.45) is 3.30. The van der Waals surface area contributed by atoms with Crippen molar-refractivity contribution < 1.29 is 18.8 Å². The molecule has 0 bridgehead atoms. The molecule has 0 N–H and O–H groups in total. The highest BCUT2D eigenvalue weighted by Gasteiger charge is 2.38. The van der Waals surface area contributed by atoms with Gasteiger partial charge >= 0.3 is 0 Å². The molecule has 0 radical (unpaired) electrons. The number of anilines is 1. The number of rotatable bonds is 3. The van der Waals surface area contributed by atoms with Crippen LogP contribution in [0.25, 0.3) is 0 Å². The molecular weight excluding hydrogens is 275 g/mol. The number of amides is 1. The van der Waals surface area contributed by atoms with Gasteiger partial charge in [0, 0.05) is 25.0 Å². The van der Waals surface area contributed by atoms with E-state index in [1.807, 2.05) is 0 Å². The largest absolute Gasteiger partial charge is 0.357 e. The Labute approximate surface area is 119 Å². The topological polar surface area (TPSA) is 59.4 Å². The van der Waals surface area contributed by atoms with Gasteiger partial charge in [0.1, 0.15) is 5.82 Å². The summed E-state index contributed by atoms with van der Waals surface area (Å²) in [5.74, 6) is -2.70. The Bertz CT molecular complexity index is 779. The van der Waals surface area contributed by atoms with Crippen molar-refractivity contribution >= 4 is 23.2 Å². The van der Waals surface area contributed by atoms with Crippen molar-refractivity contribution in [3.05, 3.63) is 53.6 Å². The number of carbonyl (C=O) groups excluding carboxylic acids is 3. The van der Waals surface area contributed by atoms with Gasteiger partial charge in [-0.2, -0.15) is 0 Å². The van der Waals surface area contributed by atoms with Crippen LogP contribution >= 0.6 is 0 Å². The highest BCUT2D eigenvalue weighted by atomic mass is 19.1. The Morgan fingerprint density at radius 3 is 2.67 bits per heavy atom. The number of hydrogen-bond acceptors (Lipinski definition) is 3. The van der Waals surface area contributed by atoms with Crippen molar-refractivity contribution in [3.63, 3.8) is 0 Å². The van der Waals surface area contributed by atoms with Gasteiger partial charge in [-0.15, -0.1) is 0 Å². The molecule has 6 heteroatoms. The van der Waals surface area contributed by atoms with Crippen LogP contribution in [0.3, 0.4) is 0 Å². The second-order valence-corrected chi connectivity index (χ2v) is 4.85. The Morgan fingerprint density at radius 1 is 1.24 bits per heavy atom. The molecule has 0 atom stereocenters. The van der Waals surface area contributed by atoms with Gasteiger partial charge in [0.25, 0.3) is 11.7 Å². The molecule has 5 nitrogen and oxygen atoms in total. The molecule has 0 saturated carbocycles. The first-order valence-corrected chi connectivity index (χ1v) is 6.29. The molecule has 0 saturated heterocycles. The molecule has 2 heterocycles. The average Bonchev–Trinajstić information content (AvgIpc) is 2.98. The summed E-state index contributed by atoms with van der Waals surface area (Å²) in [4.78, 5) is 36.8. The number of hydrogen-bond donors (Lipinski definition) is 0. The molecule has 0 aliphatic carbocycles. The van der Waals surface area contributed by atoms with E-state index in [0.29, 0.717) is 5.56 Å². The molecule has 106 valence electrons. The Hall–Kier alpha value is -2.76. The van der Waals surface area contributed by atoms with E-state index in [2.05, 4.69) is 0 Å². The van der Waals surface area contributed by atoms with Gasteiger partial charge in [0.2, 0.25) is 0 Å². The number of Topliss-reactive ketones (excluding diaryl/α,β-unsaturated/α-hetero) is 2. The SMILES string of the molecule is Cn1ccc(C(=O)CN2C(=O)C(=O)c3cccc(F)c32)c1. The number of fused-ring (bicyclic) bond motifs is 1. The van der Waals surface area contributed by atoms with Crippen LogP contribution in [-0.2, 0) is 11.8 Å². The first-order chi connectivity index (χ1) is 9.99. The minimum absolute atomic E-state index is 0.000798. The smallest absolute Gasteiger partial charge is 0.299 e. The van der Waals surface area contributed by atoms with Crippen molar-refractivity contribution in [3.8, 4) is 0 Å². The molecule has 0 unspecified atom stereocenters. The molecule has 3 rings (SSSR count). The van der Waals surface area contributed by atoms with Crippen LogP contribution in [0.4, 0.5) is 10.1 Å². The molecule has 0 fully saturated rings. The van der Waals surface area contributed by atoms with Gasteiger partial charge < -0.3 is 4.57 Å². The van der Waals surface area contributed by atoms with Gasteiger partial charge in [-0.3, -0.25) is 19.3 Å². The molecule has 1 aliphatic heterocycles. The highest BCUT2D eigenvalue weighted by Crippen LogP contribution is 2.31. The lowest BCUT2D eigenvalue weighted by molar-refractivity contribution is -0.114. The predicted molar refractivity (Wildman–Crippen MR) is 72.8 cm³/mol. The fraction of sp³-hybridized carbons (Fsp3) is 0.133. The molecule has 0 spiro atoms. The second-order valence-electron chi connectivity index (χ2n) is 4.85. The van der Waals surface area contributed by atoms with Crippen molar-refractivity contribution in [2.75, 3.05) is 11.4 Å². The van der Waals surface area contributed by atoms with Crippen LogP contribution in [0, 0.1) is 5.82 Å². The van der Waals surface area contributed by atoms with Crippen LogP contribution < -0.4 is 4.90 Å². The summed E-state index contributed by atoms with van der Waals surface area (Å²) in [5.41, 5.74) is 0.292. The average molecular weight is 286 g/mol. The minimum Gasteiger partial charge on any atom is -0.357 e. The van der Waals surface area contributed by atoms with E-state index in [1.165, 1.54) is 12.1 Å². The van der Waals surface area contributed by atoms with E-state index in [1.54, 1.807) is 30.1 Å². The summed E-state index contributed by atoms with van der Waals surface area (Å²) in [5, 5.41) is 0. The normalized spacial score (nSPS) is 13.7. The molecule has 21 heavy (non-hydrogen) atoms. The summed E-state index contributed by atoms with van der Waals surface area (Å²) in [6.45, 7) is -0.359. The third-order valence-corrected chi connectivity index (χ3v) is 3.40. The quantitative estimate of drug-likeness (QED) is 0.635. The van der Waals surface area contributed by atoms with E-state index < -0.39 is 17.5 Å². The van der Waals surface area contributed by atoms with Gasteiger partial charge in [-0.05, 0) is 18.2 Å². The number of benzene rings is 1. The maximum atomic E-state index is 13.9. The number of para-hydroxylation sites is 1. The zero-order valence-corrected chi connectivity index (χ0v) is 11.2. The zero-order chi connectivity index (χ0) is 15.1. The lowest BCUT2D eigenvalue weighted by Crippen LogP contribution is -2.35. The van der Waals surface area contributed by atoms with Crippen LogP contribution in [0.2, 0.25) is 0 Å². The molecule has 1 aromatic heterocycles. The Balaban J connectivity index is 1.95. The number of carbonyl (C=O) groups is 3. The minimum atomic E-state index is -0.876. The van der Waals surface area contributed by atoms with E-state index in [4.69, 9.17) is 0 Å². The molecular formula is C15H11FN2O3. The third kappa shape index (κ3) is 2.05. The number of aryl methyl sites for hydroxylation is 1. The van der Waals surface area contributed by atoms with Crippen molar-refractivity contribution in [1.29, 1.82) is 0 Å². The number of aromatic nitrogens is 1. The van der Waals surface area contributed by atoms with E-state index in [9.17, 15) is 18.8 Å². The van der Waals surface area contributed by atoms with Crippen molar-refractivity contribution in [1.82, 2.24) is 4.57 Å². The molecule has 1 amide bonds. The van der Waals surface area contributed by atoms with E-state index in [0.717, 1.165) is 11.0 Å². The first kappa shape index (κ1) is 13.2. The summed E-state index contributed by atoms with van der Waals surface area (Å²) >= 11 is 0. The Morgan fingerprint density at radius 2 is 2.00 bits per heavy atom. The standard InChI is InChI=1S/C15H11FN2O3/c1-17-6-5-9(7-17)12(19)8-18-13-10(14(20)15(18)21)3-2-4-11(13)16/h2-7H,8H2,1H3.